The Kier molecular flexibility index (Phi) is 4.24. The van der Waals surface area contributed by atoms with Gasteiger partial charge in [-0.2, -0.15) is 0 Å². The second-order valence-corrected chi connectivity index (χ2v) is 4.17. The van der Waals surface area contributed by atoms with E-state index < -0.39 is 0 Å². The molecule has 0 spiro atoms. The Morgan fingerprint density at radius 3 is 2.33 bits per heavy atom. The van der Waals surface area contributed by atoms with Gasteiger partial charge in [-0.05, 0) is 27.2 Å². The quantitative estimate of drug-likeness (QED) is 0.668. The van der Waals surface area contributed by atoms with E-state index in [2.05, 4.69) is 5.32 Å². The van der Waals surface area contributed by atoms with Crippen LogP contribution in [0.15, 0.2) is 0 Å². The summed E-state index contributed by atoms with van der Waals surface area (Å²) >= 11 is 0. The molecule has 0 radical (unpaired) electrons. The van der Waals surface area contributed by atoms with E-state index in [9.17, 15) is 4.79 Å². The highest BCUT2D eigenvalue weighted by Crippen LogP contribution is 2.01. The normalized spacial score (nSPS) is 14.1. The lowest BCUT2D eigenvalue weighted by Crippen LogP contribution is -2.42. The molecule has 0 aromatic heterocycles. The number of amides is 1. The summed E-state index contributed by atoms with van der Waals surface area (Å²) in [6.07, 6.45) is 1.27. The largest absolute Gasteiger partial charge is 0.351 e. The van der Waals surface area contributed by atoms with E-state index in [1.165, 1.54) is 0 Å². The van der Waals surface area contributed by atoms with E-state index in [1.54, 1.807) is 0 Å². The van der Waals surface area contributed by atoms with Crippen LogP contribution in [0, 0.1) is 0 Å². The average Bonchev–Trinajstić information content (AvgIpc) is 1.82. The van der Waals surface area contributed by atoms with Crippen molar-refractivity contribution in [3.63, 3.8) is 0 Å². The average molecular weight is 172 g/mol. The number of nitrogens with one attached hydrogen (secondary N) is 1. The van der Waals surface area contributed by atoms with Crippen LogP contribution in [0.1, 0.15) is 40.5 Å². The van der Waals surface area contributed by atoms with Gasteiger partial charge in [-0.25, -0.2) is 0 Å². The molecular weight excluding hydrogens is 152 g/mol. The van der Waals surface area contributed by atoms with Crippen molar-refractivity contribution in [1.82, 2.24) is 5.32 Å². The molecule has 0 saturated carbocycles. The predicted octanol–water partition coefficient (Wildman–Crippen LogP) is 1.03. The monoisotopic (exact) mass is 172 g/mol. The predicted molar refractivity (Wildman–Crippen MR) is 50.8 cm³/mol. The molecule has 3 heteroatoms. The fourth-order valence-corrected chi connectivity index (χ4v) is 0.852. The van der Waals surface area contributed by atoms with E-state index in [-0.39, 0.29) is 17.5 Å². The van der Waals surface area contributed by atoms with Crippen molar-refractivity contribution >= 4 is 5.91 Å². The highest BCUT2D eigenvalue weighted by molar-refractivity contribution is 5.77. The van der Waals surface area contributed by atoms with Crippen LogP contribution in [0.5, 0.6) is 0 Å². The van der Waals surface area contributed by atoms with E-state index >= 15 is 0 Å². The summed E-state index contributed by atoms with van der Waals surface area (Å²) in [5.41, 5.74) is 5.48. The molecule has 0 aliphatic rings. The van der Waals surface area contributed by atoms with Gasteiger partial charge in [-0.1, -0.05) is 6.92 Å². The maximum atomic E-state index is 11.2. The molecule has 3 N–H and O–H groups in total. The topological polar surface area (TPSA) is 55.1 Å². The fraction of sp³-hybridized carbons (Fsp3) is 0.889. The Bertz CT molecular complexity index is 149. The Morgan fingerprint density at radius 2 is 2.00 bits per heavy atom. The summed E-state index contributed by atoms with van der Waals surface area (Å²) in [7, 11) is 0. The van der Waals surface area contributed by atoms with Gasteiger partial charge in [-0.15, -0.1) is 0 Å². The van der Waals surface area contributed by atoms with E-state index in [4.69, 9.17) is 5.73 Å². The number of carbonyl (C=O) groups excluding carboxylic acids is 1. The van der Waals surface area contributed by atoms with Gasteiger partial charge in [0.25, 0.3) is 0 Å². The van der Waals surface area contributed by atoms with Gasteiger partial charge >= 0.3 is 0 Å². The van der Waals surface area contributed by atoms with Gasteiger partial charge in [-0.3, -0.25) is 4.79 Å². The summed E-state index contributed by atoms with van der Waals surface area (Å²) in [6.45, 7) is 7.86. The number of nitrogens with two attached hydrogens (primary N) is 1. The van der Waals surface area contributed by atoms with Crippen LogP contribution in [0.4, 0.5) is 0 Å². The summed E-state index contributed by atoms with van der Waals surface area (Å²) in [5.74, 6) is 0.0388. The zero-order valence-electron chi connectivity index (χ0n) is 8.48. The Morgan fingerprint density at radius 1 is 1.50 bits per heavy atom. The zero-order valence-corrected chi connectivity index (χ0v) is 8.48. The molecule has 1 atom stereocenters. The first-order valence-corrected chi connectivity index (χ1v) is 4.41. The molecule has 0 aliphatic carbocycles. The molecule has 0 bridgehead atoms. The number of rotatable bonds is 3. The molecule has 0 saturated heterocycles. The van der Waals surface area contributed by atoms with Gasteiger partial charge in [0, 0.05) is 18.0 Å². The number of hydrogen-bond acceptors (Lipinski definition) is 2. The number of hydrogen-bond donors (Lipinski definition) is 2. The SMILES string of the molecule is CCC(N)CC(=O)NC(C)(C)C. The summed E-state index contributed by atoms with van der Waals surface area (Å²) in [5, 5.41) is 2.87. The minimum absolute atomic E-state index is 0.00708. The van der Waals surface area contributed by atoms with Gasteiger partial charge in [0.1, 0.15) is 0 Å². The maximum absolute atomic E-state index is 11.2. The van der Waals surface area contributed by atoms with E-state index in [1.807, 2.05) is 27.7 Å². The van der Waals surface area contributed by atoms with Crippen LogP contribution in [0.2, 0.25) is 0 Å². The molecule has 0 aliphatic heterocycles. The lowest BCUT2D eigenvalue weighted by Gasteiger charge is -2.21. The van der Waals surface area contributed by atoms with Crippen LogP contribution in [0.25, 0.3) is 0 Å². The highest BCUT2D eigenvalue weighted by Gasteiger charge is 2.15. The third kappa shape index (κ3) is 6.16. The Balaban J connectivity index is 3.75. The maximum Gasteiger partial charge on any atom is 0.221 e. The molecule has 0 heterocycles. The molecule has 12 heavy (non-hydrogen) atoms. The van der Waals surface area contributed by atoms with Crippen LogP contribution < -0.4 is 11.1 Å². The second-order valence-electron chi connectivity index (χ2n) is 4.17. The first kappa shape index (κ1) is 11.4. The van der Waals surface area contributed by atoms with Gasteiger partial charge < -0.3 is 11.1 Å². The van der Waals surface area contributed by atoms with Crippen LogP contribution in [0.3, 0.4) is 0 Å². The number of carbonyl (C=O) groups is 1. The molecule has 1 amide bonds. The second kappa shape index (κ2) is 4.45. The zero-order chi connectivity index (χ0) is 9.78. The van der Waals surface area contributed by atoms with Crippen molar-refractivity contribution in [2.75, 3.05) is 0 Å². The van der Waals surface area contributed by atoms with Crippen molar-refractivity contribution in [2.45, 2.75) is 52.1 Å². The van der Waals surface area contributed by atoms with Crippen LogP contribution in [-0.4, -0.2) is 17.5 Å². The van der Waals surface area contributed by atoms with Crippen molar-refractivity contribution in [3.05, 3.63) is 0 Å². The van der Waals surface area contributed by atoms with Crippen molar-refractivity contribution in [1.29, 1.82) is 0 Å². The third-order valence-electron chi connectivity index (χ3n) is 1.49. The van der Waals surface area contributed by atoms with Gasteiger partial charge in [0.2, 0.25) is 5.91 Å². The van der Waals surface area contributed by atoms with Crippen molar-refractivity contribution in [3.8, 4) is 0 Å². The molecule has 72 valence electrons. The summed E-state index contributed by atoms with van der Waals surface area (Å²) in [4.78, 5) is 11.2. The summed E-state index contributed by atoms with van der Waals surface area (Å²) < 4.78 is 0. The lowest BCUT2D eigenvalue weighted by atomic mass is 10.1. The first-order chi connectivity index (χ1) is 5.35. The van der Waals surface area contributed by atoms with Crippen molar-refractivity contribution < 1.29 is 4.79 Å². The smallest absolute Gasteiger partial charge is 0.221 e. The van der Waals surface area contributed by atoms with Gasteiger partial charge in [0.15, 0.2) is 0 Å². The molecule has 0 aromatic rings. The summed E-state index contributed by atoms with van der Waals surface area (Å²) in [6, 6.07) is -0.00708. The van der Waals surface area contributed by atoms with Crippen LogP contribution in [-0.2, 0) is 4.79 Å². The van der Waals surface area contributed by atoms with Gasteiger partial charge in [0.05, 0.1) is 0 Å². The Hall–Kier alpha value is -0.570. The highest BCUT2D eigenvalue weighted by atomic mass is 16.1. The molecular formula is C9H20N2O. The van der Waals surface area contributed by atoms with Crippen LogP contribution >= 0.6 is 0 Å². The fourth-order valence-electron chi connectivity index (χ4n) is 0.852. The molecule has 0 rings (SSSR count). The van der Waals surface area contributed by atoms with E-state index in [0.29, 0.717) is 6.42 Å². The minimum Gasteiger partial charge on any atom is -0.351 e. The first-order valence-electron chi connectivity index (χ1n) is 4.41. The van der Waals surface area contributed by atoms with E-state index in [0.717, 1.165) is 6.42 Å². The molecule has 1 unspecified atom stereocenters. The lowest BCUT2D eigenvalue weighted by molar-refractivity contribution is -0.122. The third-order valence-corrected chi connectivity index (χ3v) is 1.49. The molecule has 0 fully saturated rings. The standard InChI is InChI=1S/C9H20N2O/c1-5-7(10)6-8(12)11-9(2,3)4/h7H,5-6,10H2,1-4H3,(H,11,12). The Labute approximate surface area is 74.7 Å². The molecule has 3 nitrogen and oxygen atoms in total. The minimum atomic E-state index is -0.148. The molecule has 0 aromatic carbocycles. The van der Waals surface area contributed by atoms with Crippen molar-refractivity contribution in [2.24, 2.45) is 5.73 Å².